The van der Waals surface area contributed by atoms with Crippen LogP contribution in [0.1, 0.15) is 22.8 Å². The molecule has 0 aliphatic carbocycles. The zero-order valence-electron chi connectivity index (χ0n) is 12.3. The fourth-order valence-electron chi connectivity index (χ4n) is 1.76. The zero-order chi connectivity index (χ0) is 21.7. The normalized spacial score (nSPS) is 14.3. The monoisotopic (exact) mass is 434 g/mol. The molecular weight excluding hydrogens is 432 g/mol. The minimum Gasteiger partial charge on any atom is -0.271 e. The van der Waals surface area contributed by atoms with Gasteiger partial charge in [0, 0.05) is 0 Å². The van der Waals surface area contributed by atoms with Crippen LogP contribution in [0.25, 0.3) is 0 Å². The minimum atomic E-state index is -5.58. The number of hydrogen-bond donors (Lipinski definition) is 2. The van der Waals surface area contributed by atoms with Crippen molar-refractivity contribution in [3.05, 3.63) is 22.8 Å². The number of nitrogens with zero attached hydrogens (tertiary/aromatic N) is 4. The Hall–Kier alpha value is -2.82. The van der Waals surface area contributed by atoms with Gasteiger partial charge in [-0.05, 0) is 0 Å². The lowest BCUT2D eigenvalue weighted by Crippen LogP contribution is -2.08. The summed E-state index contributed by atoms with van der Waals surface area (Å²) in [5.74, 6) is 0. The molecule has 0 atom stereocenters. The van der Waals surface area contributed by atoms with E-state index in [0.29, 0.717) is 0 Å². The highest BCUT2D eigenvalue weighted by molar-refractivity contribution is 5.53. The van der Waals surface area contributed by atoms with Crippen LogP contribution in [0.4, 0.5) is 64.1 Å². The summed E-state index contributed by atoms with van der Waals surface area (Å²) in [5, 5.41) is 11.1. The predicted molar refractivity (Wildman–Crippen MR) is 61.4 cm³/mol. The Morgan fingerprint density at radius 1 is 0.500 bits per heavy atom. The van der Waals surface area contributed by atoms with Gasteiger partial charge in [0.15, 0.2) is 22.8 Å². The highest BCUT2D eigenvalue weighted by atomic mass is 19.4. The third kappa shape index (κ3) is 4.19. The maximum Gasteiger partial charge on any atom is 0.437 e. The SMILES string of the molecule is FC(F)(F)c1n[nH]c(C(F)(F)F)c1N=Nc1c(C(F)(F)F)n[nH]c1C(F)(F)F. The molecule has 6 nitrogen and oxygen atoms in total. The number of H-pyrrole nitrogens is 2. The lowest BCUT2D eigenvalue weighted by molar-refractivity contribution is -0.143. The van der Waals surface area contributed by atoms with Gasteiger partial charge in [0.1, 0.15) is 11.4 Å². The third-order valence-electron chi connectivity index (χ3n) is 2.84. The van der Waals surface area contributed by atoms with Crippen LogP contribution in [0.2, 0.25) is 0 Å². The maximum absolute atomic E-state index is 12.7. The van der Waals surface area contributed by atoms with Gasteiger partial charge in [0.25, 0.3) is 0 Å². The minimum absolute atomic E-state index is 0.924. The summed E-state index contributed by atoms with van der Waals surface area (Å²) in [6, 6.07) is 0. The van der Waals surface area contributed by atoms with Crippen molar-refractivity contribution in [1.82, 2.24) is 20.4 Å². The predicted octanol–water partition coefficient (Wildman–Crippen LogP) is 5.62. The summed E-state index contributed by atoms with van der Waals surface area (Å²) in [6.07, 6.45) is -22.3. The molecule has 0 amide bonds. The van der Waals surface area contributed by atoms with Crippen molar-refractivity contribution < 1.29 is 52.7 Å². The molecule has 0 fully saturated rings. The standard InChI is InChI=1S/C10H2F12N6/c11-7(12,13)3-1(4(26-25-3)8(14,15)16)23-24-2-5(9(17,18)19)27-28-6(2)10(20,21)22/h(H,25,26)(H,27,28). The van der Waals surface area contributed by atoms with Crippen molar-refractivity contribution in [1.29, 1.82) is 0 Å². The molecule has 18 heteroatoms. The largest absolute Gasteiger partial charge is 0.437 e. The Labute approximate surface area is 143 Å². The first-order valence-electron chi connectivity index (χ1n) is 6.31. The van der Waals surface area contributed by atoms with E-state index in [9.17, 15) is 52.7 Å². The van der Waals surface area contributed by atoms with Crippen LogP contribution < -0.4 is 0 Å². The molecule has 0 bridgehead atoms. The molecule has 28 heavy (non-hydrogen) atoms. The lowest BCUT2D eigenvalue weighted by atomic mass is 10.2. The van der Waals surface area contributed by atoms with E-state index < -0.39 is 58.9 Å². The molecule has 0 saturated heterocycles. The number of nitrogens with one attached hydrogen (secondary N) is 2. The maximum atomic E-state index is 12.7. The average Bonchev–Trinajstić information content (AvgIpc) is 3.06. The molecular formula is C10H2F12N6. The van der Waals surface area contributed by atoms with Crippen molar-refractivity contribution in [2.45, 2.75) is 24.7 Å². The number of rotatable bonds is 2. The second-order valence-electron chi connectivity index (χ2n) is 4.78. The molecule has 2 N–H and O–H groups in total. The number of alkyl halides is 12. The van der Waals surface area contributed by atoms with E-state index in [1.807, 2.05) is 0 Å². The summed E-state index contributed by atoms with van der Waals surface area (Å²) in [7, 11) is 0. The molecule has 0 saturated carbocycles. The van der Waals surface area contributed by atoms with Crippen LogP contribution in [0.15, 0.2) is 10.2 Å². The Morgan fingerprint density at radius 2 is 0.786 bits per heavy atom. The summed E-state index contributed by atoms with van der Waals surface area (Å²) < 4.78 is 153. The van der Waals surface area contributed by atoms with E-state index in [1.54, 1.807) is 0 Å². The van der Waals surface area contributed by atoms with Crippen LogP contribution in [0.3, 0.4) is 0 Å². The van der Waals surface area contributed by atoms with Crippen molar-refractivity contribution >= 4 is 11.4 Å². The van der Waals surface area contributed by atoms with Gasteiger partial charge in [-0.1, -0.05) is 0 Å². The first-order valence-corrected chi connectivity index (χ1v) is 6.31. The highest BCUT2D eigenvalue weighted by Gasteiger charge is 2.47. The van der Waals surface area contributed by atoms with E-state index in [1.165, 1.54) is 0 Å². The van der Waals surface area contributed by atoms with Gasteiger partial charge in [-0.15, -0.1) is 10.2 Å². The van der Waals surface area contributed by atoms with Gasteiger partial charge in [-0.2, -0.15) is 62.9 Å². The summed E-state index contributed by atoms with van der Waals surface area (Å²) in [6.45, 7) is 0. The van der Waals surface area contributed by atoms with E-state index in [4.69, 9.17) is 0 Å². The van der Waals surface area contributed by atoms with Crippen LogP contribution in [-0.4, -0.2) is 20.4 Å². The van der Waals surface area contributed by atoms with Crippen LogP contribution in [0, 0.1) is 0 Å². The summed E-state index contributed by atoms with van der Waals surface area (Å²) in [4.78, 5) is 0. The zero-order valence-corrected chi connectivity index (χ0v) is 12.3. The van der Waals surface area contributed by atoms with E-state index in [2.05, 4.69) is 20.4 Å². The van der Waals surface area contributed by atoms with Crippen molar-refractivity contribution in [2.24, 2.45) is 10.2 Å². The molecule has 0 radical (unpaired) electrons. The second kappa shape index (κ2) is 6.36. The van der Waals surface area contributed by atoms with E-state index >= 15 is 0 Å². The second-order valence-corrected chi connectivity index (χ2v) is 4.78. The molecule has 0 unspecified atom stereocenters. The molecule has 2 rings (SSSR count). The number of azo groups is 1. The van der Waals surface area contributed by atoms with Gasteiger partial charge < -0.3 is 0 Å². The quantitative estimate of drug-likeness (QED) is 0.475. The van der Waals surface area contributed by atoms with Crippen LogP contribution in [0.5, 0.6) is 0 Å². The first kappa shape index (κ1) is 21.5. The third-order valence-corrected chi connectivity index (χ3v) is 2.84. The number of aromatic amines is 2. The Morgan fingerprint density at radius 3 is 1.00 bits per heavy atom. The average molecular weight is 434 g/mol. The highest BCUT2D eigenvalue weighted by Crippen LogP contribution is 2.46. The molecule has 2 heterocycles. The summed E-state index contributed by atoms with van der Waals surface area (Å²) >= 11 is 0. The molecule has 2 aromatic heterocycles. The van der Waals surface area contributed by atoms with Gasteiger partial charge in [0.05, 0.1) is 0 Å². The fourth-order valence-corrected chi connectivity index (χ4v) is 1.76. The Balaban J connectivity index is 2.71. The van der Waals surface area contributed by atoms with Gasteiger partial charge in [-0.3, -0.25) is 10.2 Å². The Bertz CT molecular complexity index is 742. The Kier molecular flexibility index (Phi) is 4.88. The smallest absolute Gasteiger partial charge is 0.271 e. The summed E-state index contributed by atoms with van der Waals surface area (Å²) in [5.41, 5.74) is -13.6. The molecule has 156 valence electrons. The molecule has 0 spiro atoms. The number of hydrogen-bond acceptors (Lipinski definition) is 4. The molecule has 0 aromatic carbocycles. The van der Waals surface area contributed by atoms with Crippen LogP contribution in [-0.2, 0) is 24.7 Å². The van der Waals surface area contributed by atoms with Gasteiger partial charge >= 0.3 is 24.7 Å². The van der Waals surface area contributed by atoms with E-state index in [0.717, 1.165) is 10.2 Å². The molecule has 0 aliphatic heterocycles. The molecule has 2 aromatic rings. The number of aromatic nitrogens is 4. The van der Waals surface area contributed by atoms with Crippen molar-refractivity contribution in [2.75, 3.05) is 0 Å². The van der Waals surface area contributed by atoms with Gasteiger partial charge in [0.2, 0.25) is 0 Å². The topological polar surface area (TPSA) is 82.1 Å². The van der Waals surface area contributed by atoms with Crippen LogP contribution >= 0.6 is 0 Å². The fraction of sp³-hybridized carbons (Fsp3) is 0.400. The van der Waals surface area contributed by atoms with Gasteiger partial charge in [-0.25, -0.2) is 0 Å². The number of halogens is 12. The first-order chi connectivity index (χ1) is 12.4. The molecule has 0 aliphatic rings. The van der Waals surface area contributed by atoms with Crippen molar-refractivity contribution in [3.8, 4) is 0 Å². The lowest BCUT2D eigenvalue weighted by Gasteiger charge is -2.08. The van der Waals surface area contributed by atoms with Crippen molar-refractivity contribution in [3.63, 3.8) is 0 Å². The van der Waals surface area contributed by atoms with E-state index in [-0.39, 0.29) is 0 Å².